The van der Waals surface area contributed by atoms with Crippen molar-refractivity contribution in [2.75, 3.05) is 11.9 Å². The van der Waals surface area contributed by atoms with Crippen LogP contribution in [0.4, 0.5) is 10.8 Å². The van der Waals surface area contributed by atoms with Crippen molar-refractivity contribution in [3.05, 3.63) is 74.8 Å². The molecule has 7 nitrogen and oxygen atoms in total. The first-order valence-corrected chi connectivity index (χ1v) is 9.34. The smallest absolute Gasteiger partial charge is 0.269 e. The Kier molecular flexibility index (Phi) is 5.72. The van der Waals surface area contributed by atoms with Gasteiger partial charge in [-0.05, 0) is 35.9 Å². The van der Waals surface area contributed by atoms with Crippen LogP contribution in [-0.2, 0) is 4.79 Å². The lowest BCUT2D eigenvalue weighted by Gasteiger charge is -2.09. The van der Waals surface area contributed by atoms with Gasteiger partial charge in [-0.1, -0.05) is 39.4 Å². The van der Waals surface area contributed by atoms with Crippen LogP contribution < -0.4 is 4.90 Å². The van der Waals surface area contributed by atoms with Crippen molar-refractivity contribution in [2.24, 2.45) is 0 Å². The van der Waals surface area contributed by atoms with Gasteiger partial charge < -0.3 is 0 Å². The van der Waals surface area contributed by atoms with Gasteiger partial charge in [0.25, 0.3) is 11.6 Å². The summed E-state index contributed by atoms with van der Waals surface area (Å²) in [6.07, 6.45) is 2.99. The van der Waals surface area contributed by atoms with Crippen LogP contribution in [0, 0.1) is 10.1 Å². The van der Waals surface area contributed by atoms with Crippen molar-refractivity contribution in [1.29, 1.82) is 0 Å². The average molecular weight is 445 g/mol. The molecule has 3 aromatic rings. The Morgan fingerprint density at radius 1 is 1.15 bits per heavy atom. The summed E-state index contributed by atoms with van der Waals surface area (Å²) in [6.45, 7) is 0. The molecule has 136 valence electrons. The number of nitro benzene ring substituents is 1. The molecule has 3 rings (SSSR count). The summed E-state index contributed by atoms with van der Waals surface area (Å²) in [6, 6.07) is 13.6. The molecule has 0 spiro atoms. The van der Waals surface area contributed by atoms with Crippen LogP contribution in [0.2, 0.25) is 0 Å². The molecule has 1 heterocycles. The highest BCUT2D eigenvalue weighted by Crippen LogP contribution is 2.29. The van der Waals surface area contributed by atoms with Gasteiger partial charge in [0.05, 0.1) is 4.92 Å². The maximum atomic E-state index is 12.3. The summed E-state index contributed by atoms with van der Waals surface area (Å²) in [5.74, 6) is -0.271. The van der Waals surface area contributed by atoms with Gasteiger partial charge in [0.1, 0.15) is 5.01 Å². The van der Waals surface area contributed by atoms with Crippen LogP contribution in [0.25, 0.3) is 16.6 Å². The van der Waals surface area contributed by atoms with E-state index in [9.17, 15) is 14.9 Å². The van der Waals surface area contributed by atoms with E-state index in [2.05, 4.69) is 26.1 Å². The number of benzene rings is 2. The van der Waals surface area contributed by atoms with E-state index in [1.807, 2.05) is 24.3 Å². The van der Waals surface area contributed by atoms with Crippen molar-refractivity contribution in [2.45, 2.75) is 0 Å². The first-order valence-electron chi connectivity index (χ1n) is 7.74. The molecule has 0 radical (unpaired) electrons. The second kappa shape index (κ2) is 8.19. The van der Waals surface area contributed by atoms with Crippen LogP contribution in [0.3, 0.4) is 0 Å². The molecular formula is C18H13BrN4O3S. The lowest BCUT2D eigenvalue weighted by Crippen LogP contribution is -2.23. The summed E-state index contributed by atoms with van der Waals surface area (Å²) in [5.41, 5.74) is 1.62. The van der Waals surface area contributed by atoms with Crippen LogP contribution in [-0.4, -0.2) is 28.1 Å². The van der Waals surface area contributed by atoms with Gasteiger partial charge in [0.2, 0.25) is 5.13 Å². The van der Waals surface area contributed by atoms with Gasteiger partial charge in [-0.3, -0.25) is 19.8 Å². The van der Waals surface area contributed by atoms with E-state index < -0.39 is 4.92 Å². The zero-order valence-corrected chi connectivity index (χ0v) is 16.5. The Hall–Kier alpha value is -2.91. The van der Waals surface area contributed by atoms with E-state index in [1.165, 1.54) is 34.4 Å². The lowest BCUT2D eigenvalue weighted by molar-refractivity contribution is -0.384. The number of carbonyl (C=O) groups is 1. The number of nitrogens with zero attached hydrogens (tertiary/aromatic N) is 4. The third kappa shape index (κ3) is 4.63. The molecular weight excluding hydrogens is 432 g/mol. The fraction of sp³-hybridized carbons (Fsp3) is 0.0556. The second-order valence-corrected chi connectivity index (χ2v) is 7.35. The Labute approximate surface area is 167 Å². The molecule has 27 heavy (non-hydrogen) atoms. The molecule has 0 aliphatic rings. The molecule has 0 saturated heterocycles. The minimum absolute atomic E-state index is 0.00456. The molecule has 0 unspecified atom stereocenters. The fourth-order valence-corrected chi connectivity index (χ4v) is 3.22. The number of non-ortho nitro benzene ring substituents is 1. The first-order chi connectivity index (χ1) is 12.9. The number of aromatic nitrogens is 2. The normalized spacial score (nSPS) is 10.9. The van der Waals surface area contributed by atoms with Crippen LogP contribution in [0.15, 0.2) is 59.1 Å². The Morgan fingerprint density at radius 2 is 1.81 bits per heavy atom. The highest BCUT2D eigenvalue weighted by Gasteiger charge is 2.14. The monoisotopic (exact) mass is 444 g/mol. The summed E-state index contributed by atoms with van der Waals surface area (Å²) in [7, 11) is 1.62. The Bertz CT molecular complexity index is 1000. The topological polar surface area (TPSA) is 89.2 Å². The SMILES string of the molecule is CN(C(=O)/C=C/c1ccc([N+](=O)[O-])cc1)c1nnc(-c2ccc(Br)cc2)s1. The number of carbonyl (C=O) groups excluding carboxylic acids is 1. The quantitative estimate of drug-likeness (QED) is 0.327. The average Bonchev–Trinajstić information content (AvgIpc) is 3.16. The molecule has 0 fully saturated rings. The summed E-state index contributed by atoms with van der Waals surface area (Å²) in [4.78, 5) is 23.9. The van der Waals surface area contributed by atoms with Gasteiger partial charge in [0, 0.05) is 35.3 Å². The molecule has 1 amide bonds. The fourth-order valence-electron chi connectivity index (χ4n) is 2.14. The molecule has 0 atom stereocenters. The summed E-state index contributed by atoms with van der Waals surface area (Å²) < 4.78 is 0.972. The minimum atomic E-state index is -0.467. The van der Waals surface area contributed by atoms with Gasteiger partial charge in [-0.25, -0.2) is 0 Å². The highest BCUT2D eigenvalue weighted by molar-refractivity contribution is 9.10. The number of anilines is 1. The third-order valence-electron chi connectivity index (χ3n) is 3.65. The molecule has 0 N–H and O–H groups in total. The number of amides is 1. The van der Waals surface area contributed by atoms with Crippen molar-refractivity contribution in [3.8, 4) is 10.6 Å². The van der Waals surface area contributed by atoms with Crippen LogP contribution in [0.5, 0.6) is 0 Å². The maximum absolute atomic E-state index is 12.3. The van der Waals surface area contributed by atoms with E-state index >= 15 is 0 Å². The molecule has 9 heteroatoms. The van der Waals surface area contributed by atoms with Crippen molar-refractivity contribution in [3.63, 3.8) is 0 Å². The predicted molar refractivity (Wildman–Crippen MR) is 109 cm³/mol. The first kappa shape index (κ1) is 18.9. The Balaban J connectivity index is 1.70. The van der Waals surface area contributed by atoms with E-state index in [1.54, 1.807) is 25.3 Å². The lowest BCUT2D eigenvalue weighted by atomic mass is 10.2. The molecule has 2 aromatic carbocycles. The number of rotatable bonds is 5. The van der Waals surface area contributed by atoms with Gasteiger partial charge in [-0.2, -0.15) is 0 Å². The summed E-state index contributed by atoms with van der Waals surface area (Å²) in [5, 5.41) is 20.1. The van der Waals surface area contributed by atoms with Gasteiger partial charge >= 0.3 is 0 Å². The van der Waals surface area contributed by atoms with E-state index in [0.717, 1.165) is 15.0 Å². The number of likely N-dealkylation sites (N-methyl/N-ethyl adjacent to an activating group) is 1. The summed E-state index contributed by atoms with van der Waals surface area (Å²) >= 11 is 4.70. The molecule has 0 aliphatic carbocycles. The minimum Gasteiger partial charge on any atom is -0.286 e. The molecule has 1 aromatic heterocycles. The van der Waals surface area contributed by atoms with Crippen molar-refractivity contribution >= 4 is 50.1 Å². The third-order valence-corrected chi connectivity index (χ3v) is 5.22. The number of hydrogen-bond acceptors (Lipinski definition) is 6. The standard InChI is InChI=1S/C18H13BrN4O3S/c1-22(16(24)11-4-12-2-9-15(10-3-12)23(25)26)18-21-20-17(27-18)13-5-7-14(19)8-6-13/h2-11H,1H3/b11-4+. The zero-order chi connectivity index (χ0) is 19.4. The van der Waals surface area contributed by atoms with Crippen molar-refractivity contribution < 1.29 is 9.72 Å². The highest BCUT2D eigenvalue weighted by atomic mass is 79.9. The zero-order valence-electron chi connectivity index (χ0n) is 14.1. The van der Waals surface area contributed by atoms with Gasteiger partial charge in [-0.15, -0.1) is 10.2 Å². The maximum Gasteiger partial charge on any atom is 0.269 e. The largest absolute Gasteiger partial charge is 0.286 e. The second-order valence-electron chi connectivity index (χ2n) is 5.48. The van der Waals surface area contributed by atoms with E-state index in [0.29, 0.717) is 10.7 Å². The Morgan fingerprint density at radius 3 is 2.44 bits per heavy atom. The van der Waals surface area contributed by atoms with E-state index in [4.69, 9.17) is 0 Å². The number of halogens is 1. The van der Waals surface area contributed by atoms with Crippen LogP contribution in [0.1, 0.15) is 5.56 Å². The number of hydrogen-bond donors (Lipinski definition) is 0. The number of nitro groups is 1. The van der Waals surface area contributed by atoms with Crippen LogP contribution >= 0.6 is 27.3 Å². The molecule has 0 saturated carbocycles. The predicted octanol–water partition coefficient (Wildman–Crippen LogP) is 4.55. The van der Waals surface area contributed by atoms with Crippen molar-refractivity contribution in [1.82, 2.24) is 10.2 Å². The molecule has 0 aliphatic heterocycles. The van der Waals surface area contributed by atoms with Gasteiger partial charge in [0.15, 0.2) is 0 Å². The molecule has 0 bridgehead atoms. The van der Waals surface area contributed by atoms with E-state index in [-0.39, 0.29) is 11.6 Å².